The van der Waals surface area contributed by atoms with Crippen LogP contribution in [0.4, 0.5) is 14.5 Å². The molecule has 0 spiro atoms. The molecular formula is C12H8BrF2NO. The van der Waals surface area contributed by atoms with Gasteiger partial charge in [-0.2, -0.15) is 8.78 Å². The first-order valence-corrected chi connectivity index (χ1v) is 5.65. The highest BCUT2D eigenvalue weighted by Gasteiger charge is 2.16. The van der Waals surface area contributed by atoms with E-state index < -0.39 is 12.3 Å². The number of amides is 1. The SMILES string of the molecule is O=C(Nc1ccc(Br)c2ccccc12)C(F)F. The minimum atomic E-state index is -3.02. The second kappa shape index (κ2) is 4.79. The summed E-state index contributed by atoms with van der Waals surface area (Å²) in [5, 5.41) is 3.78. The number of anilines is 1. The standard InChI is InChI=1S/C12H8BrF2NO/c13-9-5-6-10(16-12(17)11(14)15)8-4-2-1-3-7(8)9/h1-6,11H,(H,16,17). The Hall–Kier alpha value is -1.49. The van der Waals surface area contributed by atoms with E-state index in [1.807, 2.05) is 12.1 Å². The summed E-state index contributed by atoms with van der Waals surface area (Å²) >= 11 is 3.37. The maximum absolute atomic E-state index is 12.2. The first-order valence-electron chi connectivity index (χ1n) is 4.86. The number of hydrogen-bond acceptors (Lipinski definition) is 1. The molecule has 88 valence electrons. The van der Waals surface area contributed by atoms with E-state index in [2.05, 4.69) is 21.2 Å². The highest BCUT2D eigenvalue weighted by Crippen LogP contribution is 2.30. The largest absolute Gasteiger partial charge is 0.321 e. The maximum Gasteiger partial charge on any atom is 0.315 e. The Kier molecular flexibility index (Phi) is 3.38. The van der Waals surface area contributed by atoms with Crippen LogP contribution in [0.5, 0.6) is 0 Å². The lowest BCUT2D eigenvalue weighted by Gasteiger charge is -2.09. The summed E-state index contributed by atoms with van der Waals surface area (Å²) in [5.41, 5.74) is 0.383. The molecule has 0 saturated carbocycles. The van der Waals surface area contributed by atoms with E-state index in [0.717, 1.165) is 15.2 Å². The van der Waals surface area contributed by atoms with Crippen molar-refractivity contribution in [2.24, 2.45) is 0 Å². The monoisotopic (exact) mass is 299 g/mol. The van der Waals surface area contributed by atoms with Gasteiger partial charge in [0.15, 0.2) is 0 Å². The van der Waals surface area contributed by atoms with Crippen LogP contribution in [0.25, 0.3) is 10.8 Å². The van der Waals surface area contributed by atoms with Crippen LogP contribution in [0, 0.1) is 0 Å². The lowest BCUT2D eigenvalue weighted by molar-refractivity contribution is -0.126. The molecule has 2 aromatic carbocycles. The van der Waals surface area contributed by atoms with Gasteiger partial charge in [-0.3, -0.25) is 4.79 Å². The van der Waals surface area contributed by atoms with Gasteiger partial charge in [0.25, 0.3) is 5.91 Å². The quantitative estimate of drug-likeness (QED) is 0.898. The zero-order valence-corrected chi connectivity index (χ0v) is 10.2. The zero-order chi connectivity index (χ0) is 12.4. The summed E-state index contributed by atoms with van der Waals surface area (Å²) in [6.45, 7) is 0. The Morgan fingerprint density at radius 3 is 2.41 bits per heavy atom. The fourth-order valence-electron chi connectivity index (χ4n) is 1.56. The van der Waals surface area contributed by atoms with Gasteiger partial charge < -0.3 is 5.32 Å². The molecule has 1 amide bonds. The number of rotatable bonds is 2. The minimum absolute atomic E-state index is 0.383. The van der Waals surface area contributed by atoms with E-state index in [4.69, 9.17) is 0 Å². The van der Waals surface area contributed by atoms with Crippen LogP contribution in [0.1, 0.15) is 0 Å². The molecule has 0 aliphatic rings. The van der Waals surface area contributed by atoms with Crippen molar-refractivity contribution < 1.29 is 13.6 Å². The van der Waals surface area contributed by atoms with Crippen molar-refractivity contribution in [2.45, 2.75) is 6.43 Å². The number of halogens is 3. The van der Waals surface area contributed by atoms with Gasteiger partial charge >= 0.3 is 6.43 Å². The summed E-state index contributed by atoms with van der Waals surface area (Å²) in [7, 11) is 0. The van der Waals surface area contributed by atoms with Gasteiger partial charge in [-0.05, 0) is 17.5 Å². The summed E-state index contributed by atoms with van der Waals surface area (Å²) in [5.74, 6) is -1.29. The third kappa shape index (κ3) is 2.44. The van der Waals surface area contributed by atoms with Gasteiger partial charge in [-0.15, -0.1) is 0 Å². The smallest absolute Gasteiger partial charge is 0.315 e. The van der Waals surface area contributed by atoms with Crippen molar-refractivity contribution in [3.05, 3.63) is 40.9 Å². The van der Waals surface area contributed by atoms with E-state index in [-0.39, 0.29) is 0 Å². The Balaban J connectivity index is 2.48. The molecule has 0 aliphatic carbocycles. The van der Waals surface area contributed by atoms with Crippen LogP contribution in [-0.2, 0) is 4.79 Å². The number of alkyl halides is 2. The average Bonchev–Trinajstić information content (AvgIpc) is 2.33. The van der Waals surface area contributed by atoms with Gasteiger partial charge in [-0.1, -0.05) is 40.2 Å². The van der Waals surface area contributed by atoms with Gasteiger partial charge in [0.05, 0.1) is 0 Å². The summed E-state index contributed by atoms with van der Waals surface area (Å²) in [4.78, 5) is 11.0. The van der Waals surface area contributed by atoms with Crippen LogP contribution < -0.4 is 5.32 Å². The summed E-state index contributed by atoms with van der Waals surface area (Å²) in [6.07, 6.45) is -3.02. The average molecular weight is 300 g/mol. The normalized spacial score (nSPS) is 10.8. The molecule has 5 heteroatoms. The highest BCUT2D eigenvalue weighted by atomic mass is 79.9. The van der Waals surface area contributed by atoms with Gasteiger partial charge in [0.2, 0.25) is 0 Å². The Bertz CT molecular complexity index is 571. The van der Waals surface area contributed by atoms with E-state index in [0.29, 0.717) is 5.69 Å². The molecular weight excluding hydrogens is 292 g/mol. The molecule has 0 fully saturated rings. The van der Waals surface area contributed by atoms with Crippen molar-refractivity contribution in [3.8, 4) is 0 Å². The fourth-order valence-corrected chi connectivity index (χ4v) is 2.04. The number of benzene rings is 2. The van der Waals surface area contributed by atoms with Crippen molar-refractivity contribution in [3.63, 3.8) is 0 Å². The van der Waals surface area contributed by atoms with Crippen molar-refractivity contribution in [2.75, 3.05) is 5.32 Å². The molecule has 0 bridgehead atoms. The van der Waals surface area contributed by atoms with Crippen LogP contribution in [0.3, 0.4) is 0 Å². The summed E-state index contributed by atoms with van der Waals surface area (Å²) in [6, 6.07) is 10.5. The molecule has 2 rings (SSSR count). The molecule has 2 aromatic rings. The minimum Gasteiger partial charge on any atom is -0.321 e. The van der Waals surface area contributed by atoms with E-state index >= 15 is 0 Å². The topological polar surface area (TPSA) is 29.1 Å². The predicted octanol–water partition coefficient (Wildman–Crippen LogP) is 3.81. The van der Waals surface area contributed by atoms with Crippen molar-refractivity contribution in [1.82, 2.24) is 0 Å². The van der Waals surface area contributed by atoms with E-state index in [1.165, 1.54) is 0 Å². The van der Waals surface area contributed by atoms with E-state index in [1.54, 1.807) is 24.3 Å². The second-order valence-electron chi connectivity index (χ2n) is 3.43. The van der Waals surface area contributed by atoms with E-state index in [9.17, 15) is 13.6 Å². The molecule has 0 unspecified atom stereocenters. The van der Waals surface area contributed by atoms with Gasteiger partial charge in [0.1, 0.15) is 0 Å². The van der Waals surface area contributed by atoms with Crippen LogP contribution in [0.15, 0.2) is 40.9 Å². The molecule has 0 saturated heterocycles. The lowest BCUT2D eigenvalue weighted by Crippen LogP contribution is -2.20. The van der Waals surface area contributed by atoms with Gasteiger partial charge in [-0.25, -0.2) is 0 Å². The van der Waals surface area contributed by atoms with Crippen LogP contribution in [0.2, 0.25) is 0 Å². The zero-order valence-electron chi connectivity index (χ0n) is 8.58. The number of carbonyl (C=O) groups is 1. The molecule has 0 radical (unpaired) electrons. The Labute approximate surface area is 105 Å². The number of hydrogen-bond donors (Lipinski definition) is 1. The maximum atomic E-state index is 12.2. The summed E-state index contributed by atoms with van der Waals surface area (Å²) < 4.78 is 25.2. The first-order chi connectivity index (χ1) is 8.09. The van der Waals surface area contributed by atoms with Gasteiger partial charge in [0, 0.05) is 15.5 Å². The van der Waals surface area contributed by atoms with Crippen LogP contribution >= 0.6 is 15.9 Å². The molecule has 0 atom stereocenters. The molecule has 2 nitrogen and oxygen atoms in total. The van der Waals surface area contributed by atoms with Crippen LogP contribution in [-0.4, -0.2) is 12.3 Å². The molecule has 0 aromatic heterocycles. The van der Waals surface area contributed by atoms with Crippen molar-refractivity contribution >= 4 is 38.3 Å². The number of fused-ring (bicyclic) bond motifs is 1. The Morgan fingerprint density at radius 1 is 1.12 bits per heavy atom. The first kappa shape index (κ1) is 12.0. The molecule has 0 aliphatic heterocycles. The number of carbonyl (C=O) groups excluding carboxylic acids is 1. The van der Waals surface area contributed by atoms with Crippen molar-refractivity contribution in [1.29, 1.82) is 0 Å². The molecule has 17 heavy (non-hydrogen) atoms. The fraction of sp³-hybridized carbons (Fsp3) is 0.0833. The third-order valence-electron chi connectivity index (χ3n) is 2.33. The Morgan fingerprint density at radius 2 is 1.76 bits per heavy atom. The predicted molar refractivity (Wildman–Crippen MR) is 66.3 cm³/mol. The third-order valence-corrected chi connectivity index (χ3v) is 3.02. The molecule has 0 heterocycles. The molecule has 1 N–H and O–H groups in total. The second-order valence-corrected chi connectivity index (χ2v) is 4.28. The number of nitrogens with one attached hydrogen (secondary N) is 1. The highest BCUT2D eigenvalue weighted by molar-refractivity contribution is 9.10. The lowest BCUT2D eigenvalue weighted by atomic mass is 10.1.